The number of aromatic nitrogens is 4. The molecular weight excluding hydrogens is 717 g/mol. The van der Waals surface area contributed by atoms with Gasteiger partial charge in [-0.3, -0.25) is 0 Å². The molecule has 11 aromatic rings. The average molecular weight is 757 g/mol. The maximum Gasteiger partial charge on any atom is 0.0788 e. The van der Waals surface area contributed by atoms with E-state index in [2.05, 4.69) is 214 Å². The zero-order valence-corrected chi connectivity index (χ0v) is 32.8. The zero-order chi connectivity index (χ0) is 39.2. The molecule has 0 amide bonds. The number of rotatable bonds is 6. The van der Waals surface area contributed by atoms with Crippen molar-refractivity contribution in [3.63, 3.8) is 0 Å². The van der Waals surface area contributed by atoms with Gasteiger partial charge >= 0.3 is 0 Å². The Kier molecular flexibility index (Phi) is 7.39. The van der Waals surface area contributed by atoms with Crippen LogP contribution in [0.4, 0.5) is 0 Å². The van der Waals surface area contributed by atoms with Gasteiger partial charge in [-0.2, -0.15) is 0 Å². The van der Waals surface area contributed by atoms with E-state index >= 15 is 0 Å². The summed E-state index contributed by atoms with van der Waals surface area (Å²) < 4.78 is 9.88. The maximum atomic E-state index is 4.35. The molecule has 280 valence electrons. The van der Waals surface area contributed by atoms with Crippen molar-refractivity contribution >= 4 is 66.7 Å². The van der Waals surface area contributed by atoms with Gasteiger partial charge in [-0.05, 0) is 104 Å². The Labute approximate surface area is 342 Å². The van der Waals surface area contributed by atoms with Crippen LogP contribution in [0.1, 0.15) is 29.3 Å². The lowest BCUT2D eigenvalue weighted by Crippen LogP contribution is -2.10. The smallest absolute Gasteiger partial charge is 0.0788 e. The lowest BCUT2D eigenvalue weighted by Gasteiger charge is -2.21. The first-order valence-electron chi connectivity index (χ1n) is 20.6. The summed E-state index contributed by atoms with van der Waals surface area (Å²) in [6.07, 6.45) is 8.39. The predicted molar refractivity (Wildman–Crippen MR) is 249 cm³/mol. The fourth-order valence-corrected chi connectivity index (χ4v) is 10.3. The number of allylic oxidation sites excluding steroid dienone is 1. The second-order valence-corrected chi connectivity index (χ2v) is 15.6. The van der Waals surface area contributed by atoms with Crippen molar-refractivity contribution in [2.45, 2.75) is 19.8 Å². The molecule has 1 aliphatic carbocycles. The molecule has 0 fully saturated rings. The van der Waals surface area contributed by atoms with Crippen molar-refractivity contribution in [2.75, 3.05) is 0 Å². The van der Waals surface area contributed by atoms with Gasteiger partial charge in [0, 0.05) is 55.2 Å². The van der Waals surface area contributed by atoms with Gasteiger partial charge in [-0.1, -0.05) is 122 Å². The first-order chi connectivity index (χ1) is 29.2. The third-order valence-corrected chi connectivity index (χ3v) is 12.6. The monoisotopic (exact) mass is 756 g/mol. The van der Waals surface area contributed by atoms with Crippen LogP contribution in [0.25, 0.3) is 101 Å². The molecule has 4 nitrogen and oxygen atoms in total. The van der Waals surface area contributed by atoms with E-state index in [0.29, 0.717) is 0 Å². The van der Waals surface area contributed by atoms with Crippen molar-refractivity contribution in [1.82, 2.24) is 18.3 Å². The van der Waals surface area contributed by atoms with Crippen LogP contribution < -0.4 is 0 Å². The van der Waals surface area contributed by atoms with Crippen LogP contribution in [0, 0.1) is 0 Å². The molecule has 0 radical (unpaired) electrons. The van der Waals surface area contributed by atoms with Crippen molar-refractivity contribution < 1.29 is 0 Å². The SMILES string of the molecule is C=Cc1c(/C=C\C)c2c(n1-c1ccccc1)-c1c(c3ccccc3n1-c1ccc(-n3c4ccccc4c4ccc5c6ccccc6n(-c6ccccc6)c5c43)cc1)CC2. The molecule has 4 heteroatoms. The summed E-state index contributed by atoms with van der Waals surface area (Å²) >= 11 is 0. The molecule has 4 aromatic heterocycles. The van der Waals surface area contributed by atoms with E-state index in [-0.39, 0.29) is 0 Å². The highest BCUT2D eigenvalue weighted by Gasteiger charge is 2.32. The highest BCUT2D eigenvalue weighted by Crippen LogP contribution is 2.47. The molecule has 0 spiro atoms. The number of para-hydroxylation sites is 5. The van der Waals surface area contributed by atoms with E-state index < -0.39 is 0 Å². The van der Waals surface area contributed by atoms with Gasteiger partial charge in [0.1, 0.15) is 0 Å². The van der Waals surface area contributed by atoms with Crippen molar-refractivity contribution in [1.29, 1.82) is 0 Å². The number of aryl methyl sites for hydroxylation is 1. The Balaban J connectivity index is 1.13. The molecule has 0 aliphatic heterocycles. The van der Waals surface area contributed by atoms with Crippen LogP contribution in [0.2, 0.25) is 0 Å². The molecule has 0 atom stereocenters. The van der Waals surface area contributed by atoms with Gasteiger partial charge in [-0.25, -0.2) is 0 Å². The number of fused-ring (bicyclic) bond motifs is 12. The summed E-state index contributed by atoms with van der Waals surface area (Å²) in [6, 6.07) is 62.1. The zero-order valence-electron chi connectivity index (χ0n) is 32.8. The fourth-order valence-electron chi connectivity index (χ4n) is 10.3. The molecule has 1 aliphatic rings. The second-order valence-electron chi connectivity index (χ2n) is 15.6. The van der Waals surface area contributed by atoms with Crippen LogP contribution in [-0.4, -0.2) is 18.3 Å². The van der Waals surface area contributed by atoms with Crippen LogP contribution in [0.5, 0.6) is 0 Å². The van der Waals surface area contributed by atoms with Gasteiger partial charge in [0.2, 0.25) is 0 Å². The molecular formula is C55H40N4. The molecule has 59 heavy (non-hydrogen) atoms. The predicted octanol–water partition coefficient (Wildman–Crippen LogP) is 14.1. The van der Waals surface area contributed by atoms with E-state index in [1.807, 2.05) is 6.08 Å². The second kappa shape index (κ2) is 13.0. The quantitative estimate of drug-likeness (QED) is 0.161. The Morgan fingerprint density at radius 2 is 0.831 bits per heavy atom. The van der Waals surface area contributed by atoms with E-state index in [1.165, 1.54) is 82.6 Å². The van der Waals surface area contributed by atoms with E-state index in [9.17, 15) is 0 Å². The lowest BCUT2D eigenvalue weighted by molar-refractivity contribution is 0.913. The highest BCUT2D eigenvalue weighted by molar-refractivity contribution is 6.23. The molecule has 4 heterocycles. The van der Waals surface area contributed by atoms with Gasteiger partial charge in [-0.15, -0.1) is 0 Å². The standard InChI is InChI=1S/C55H40N4/c1-3-17-40-44-32-33-45-42-23-12-15-26-50(42)58(53(45)52(44)56(48(40)4-2)36-18-7-5-8-19-36)38-28-30-39(31-29-38)59-51-27-16-13-24-43(51)47-35-34-46-41-22-11-14-25-49(41)57(54(46)55(47)59)37-20-9-6-10-21-37/h3-31,34-35H,2,32-33H2,1H3/b17-3-. The van der Waals surface area contributed by atoms with Crippen molar-refractivity contribution in [2.24, 2.45) is 0 Å². The van der Waals surface area contributed by atoms with Gasteiger partial charge < -0.3 is 18.3 Å². The van der Waals surface area contributed by atoms with Crippen LogP contribution in [0.3, 0.4) is 0 Å². The first-order valence-corrected chi connectivity index (χ1v) is 20.6. The minimum atomic E-state index is 0.970. The minimum absolute atomic E-state index is 0.970. The minimum Gasteiger partial charge on any atom is -0.308 e. The highest BCUT2D eigenvalue weighted by atomic mass is 15.1. The van der Waals surface area contributed by atoms with Crippen molar-refractivity contribution in [3.8, 4) is 34.1 Å². The normalized spacial score (nSPS) is 12.7. The van der Waals surface area contributed by atoms with Gasteiger partial charge in [0.15, 0.2) is 0 Å². The first kappa shape index (κ1) is 33.6. The van der Waals surface area contributed by atoms with Gasteiger partial charge in [0.25, 0.3) is 0 Å². The lowest BCUT2D eigenvalue weighted by atomic mass is 9.91. The summed E-state index contributed by atoms with van der Waals surface area (Å²) in [5.74, 6) is 0. The molecule has 0 unspecified atom stereocenters. The molecule has 7 aromatic carbocycles. The molecule has 12 rings (SSSR count). The third-order valence-electron chi connectivity index (χ3n) is 12.6. The summed E-state index contributed by atoms with van der Waals surface area (Å²) in [4.78, 5) is 0. The van der Waals surface area contributed by atoms with Crippen LogP contribution in [0.15, 0.2) is 183 Å². The summed E-state index contributed by atoms with van der Waals surface area (Å²) in [5.41, 5.74) is 18.2. The van der Waals surface area contributed by atoms with Crippen molar-refractivity contribution in [3.05, 3.63) is 205 Å². The van der Waals surface area contributed by atoms with E-state index in [4.69, 9.17) is 0 Å². The molecule has 0 N–H and O–H groups in total. The van der Waals surface area contributed by atoms with Crippen LogP contribution >= 0.6 is 0 Å². The van der Waals surface area contributed by atoms with Gasteiger partial charge in [0.05, 0.1) is 44.7 Å². The summed E-state index contributed by atoms with van der Waals surface area (Å²) in [6.45, 7) is 6.45. The van der Waals surface area contributed by atoms with E-state index in [1.54, 1.807) is 0 Å². The summed E-state index contributed by atoms with van der Waals surface area (Å²) in [5, 5.41) is 6.29. The van der Waals surface area contributed by atoms with E-state index in [0.717, 1.165) is 41.3 Å². The number of benzene rings is 7. The summed E-state index contributed by atoms with van der Waals surface area (Å²) in [7, 11) is 0. The Bertz CT molecular complexity index is 3490. The third kappa shape index (κ3) is 4.71. The maximum absolute atomic E-state index is 4.35. The number of hydrogen-bond donors (Lipinski definition) is 0. The Morgan fingerprint density at radius 3 is 1.37 bits per heavy atom. The Hall–Kier alpha value is -7.56. The molecule has 0 saturated heterocycles. The number of nitrogens with zero attached hydrogens (tertiary/aromatic N) is 4. The molecule has 0 bridgehead atoms. The Morgan fingerprint density at radius 1 is 0.407 bits per heavy atom. The largest absolute Gasteiger partial charge is 0.308 e. The topological polar surface area (TPSA) is 19.7 Å². The fraction of sp³-hybridized carbons (Fsp3) is 0.0545. The molecule has 0 saturated carbocycles. The number of hydrogen-bond acceptors (Lipinski definition) is 0. The average Bonchev–Trinajstić information content (AvgIpc) is 4.02. The van der Waals surface area contributed by atoms with Crippen LogP contribution in [-0.2, 0) is 12.8 Å².